The molecule has 1 heterocycles. The summed E-state index contributed by atoms with van der Waals surface area (Å²) in [6.07, 6.45) is 5.08. The maximum Gasteiger partial charge on any atom is 0.130 e. The lowest BCUT2D eigenvalue weighted by atomic mass is 10.2. The van der Waals surface area contributed by atoms with Crippen LogP contribution in [0.2, 0.25) is 0 Å². The molecule has 1 aromatic heterocycles. The first-order valence-electron chi connectivity index (χ1n) is 6.75. The number of nitrogens with one attached hydrogen (secondary N) is 1. The molecule has 18 heavy (non-hydrogen) atoms. The van der Waals surface area contributed by atoms with Gasteiger partial charge in [-0.3, -0.25) is 0 Å². The quantitative estimate of drug-likeness (QED) is 0.510. The second-order valence-corrected chi connectivity index (χ2v) is 4.48. The summed E-state index contributed by atoms with van der Waals surface area (Å²) in [5.74, 6) is 1.94. The van der Waals surface area contributed by atoms with Crippen LogP contribution in [0.25, 0.3) is 0 Å². The molecule has 0 aromatic carbocycles. The average molecular weight is 251 g/mol. The first-order valence-corrected chi connectivity index (χ1v) is 6.75. The van der Waals surface area contributed by atoms with Gasteiger partial charge in [0.15, 0.2) is 0 Å². The third-order valence-electron chi connectivity index (χ3n) is 2.73. The van der Waals surface area contributed by atoms with E-state index in [1.807, 2.05) is 6.08 Å². The molecule has 3 nitrogen and oxygen atoms in total. The first kappa shape index (κ1) is 15.0. The Kier molecular flexibility index (Phi) is 7.46. The Hall–Kier alpha value is -1.06. The second-order valence-electron chi connectivity index (χ2n) is 4.48. The smallest absolute Gasteiger partial charge is 0.130 e. The van der Waals surface area contributed by atoms with Crippen molar-refractivity contribution in [1.82, 2.24) is 5.32 Å². The van der Waals surface area contributed by atoms with Crippen molar-refractivity contribution in [1.29, 1.82) is 0 Å². The molecule has 1 aromatic rings. The lowest BCUT2D eigenvalue weighted by Gasteiger charge is -2.02. The van der Waals surface area contributed by atoms with Crippen molar-refractivity contribution in [2.75, 3.05) is 13.2 Å². The molecule has 3 heteroatoms. The standard InChI is InChI=1S/C15H25NO2/c1-4-6-7-9-17-12-14-10-13(3)15(18-14)11-16-8-5-2/h4,10,16H,1,5-9,11-12H2,2-3H3. The van der Waals surface area contributed by atoms with Gasteiger partial charge in [-0.05, 0) is 44.4 Å². The summed E-state index contributed by atoms with van der Waals surface area (Å²) in [4.78, 5) is 0. The zero-order chi connectivity index (χ0) is 13.2. The molecule has 1 N–H and O–H groups in total. The minimum atomic E-state index is 0.561. The van der Waals surface area contributed by atoms with Crippen molar-refractivity contribution >= 4 is 0 Å². The van der Waals surface area contributed by atoms with Crippen LogP contribution in [-0.2, 0) is 17.9 Å². The molecule has 0 fully saturated rings. The van der Waals surface area contributed by atoms with E-state index in [4.69, 9.17) is 9.15 Å². The van der Waals surface area contributed by atoms with Crippen LogP contribution in [0.5, 0.6) is 0 Å². The lowest BCUT2D eigenvalue weighted by molar-refractivity contribution is 0.103. The predicted molar refractivity (Wildman–Crippen MR) is 74.5 cm³/mol. The van der Waals surface area contributed by atoms with Crippen LogP contribution in [-0.4, -0.2) is 13.2 Å². The molecule has 0 atom stereocenters. The monoisotopic (exact) mass is 251 g/mol. The van der Waals surface area contributed by atoms with Gasteiger partial charge in [0.05, 0.1) is 6.54 Å². The van der Waals surface area contributed by atoms with Gasteiger partial charge in [0, 0.05) is 6.61 Å². The molecule has 0 saturated heterocycles. The number of rotatable bonds is 10. The molecule has 1 rings (SSSR count). The molecule has 0 unspecified atom stereocenters. The summed E-state index contributed by atoms with van der Waals surface area (Å²) in [6, 6.07) is 2.07. The van der Waals surface area contributed by atoms with Gasteiger partial charge in [0.25, 0.3) is 0 Å². The normalized spacial score (nSPS) is 10.8. The highest BCUT2D eigenvalue weighted by Crippen LogP contribution is 2.15. The summed E-state index contributed by atoms with van der Waals surface area (Å²) < 4.78 is 11.3. The van der Waals surface area contributed by atoms with Crippen molar-refractivity contribution in [3.63, 3.8) is 0 Å². The topological polar surface area (TPSA) is 34.4 Å². The lowest BCUT2D eigenvalue weighted by Crippen LogP contribution is -2.13. The summed E-state index contributed by atoms with van der Waals surface area (Å²) in [7, 11) is 0. The van der Waals surface area contributed by atoms with Crippen LogP contribution >= 0.6 is 0 Å². The summed E-state index contributed by atoms with van der Waals surface area (Å²) in [5, 5.41) is 3.34. The van der Waals surface area contributed by atoms with E-state index in [0.29, 0.717) is 6.61 Å². The van der Waals surface area contributed by atoms with Crippen LogP contribution in [0.3, 0.4) is 0 Å². The molecular weight excluding hydrogens is 226 g/mol. The average Bonchev–Trinajstić information content (AvgIpc) is 2.70. The zero-order valence-corrected chi connectivity index (χ0v) is 11.6. The summed E-state index contributed by atoms with van der Waals surface area (Å²) in [5.41, 5.74) is 1.20. The largest absolute Gasteiger partial charge is 0.462 e. The number of aryl methyl sites for hydroxylation is 1. The Morgan fingerprint density at radius 2 is 2.33 bits per heavy atom. The Labute approximate surface area is 110 Å². The molecule has 0 radical (unpaired) electrons. The third-order valence-corrected chi connectivity index (χ3v) is 2.73. The van der Waals surface area contributed by atoms with Crippen molar-refractivity contribution in [3.05, 3.63) is 35.8 Å². The third kappa shape index (κ3) is 5.52. The summed E-state index contributed by atoms with van der Waals surface area (Å²) in [6.45, 7) is 11.1. The van der Waals surface area contributed by atoms with Gasteiger partial charge in [-0.2, -0.15) is 0 Å². The van der Waals surface area contributed by atoms with E-state index in [0.717, 1.165) is 50.5 Å². The SMILES string of the molecule is C=CCCCOCc1cc(C)c(CNCCC)o1. The molecule has 0 saturated carbocycles. The minimum absolute atomic E-state index is 0.561. The number of ether oxygens (including phenoxy) is 1. The highest BCUT2D eigenvalue weighted by atomic mass is 16.5. The highest BCUT2D eigenvalue weighted by molar-refractivity contribution is 5.19. The van der Waals surface area contributed by atoms with Crippen molar-refractivity contribution in [3.8, 4) is 0 Å². The highest BCUT2D eigenvalue weighted by Gasteiger charge is 2.07. The Morgan fingerprint density at radius 1 is 1.50 bits per heavy atom. The maximum absolute atomic E-state index is 5.76. The Bertz CT molecular complexity index is 344. The van der Waals surface area contributed by atoms with E-state index in [1.54, 1.807) is 0 Å². The molecule has 102 valence electrons. The van der Waals surface area contributed by atoms with Gasteiger partial charge in [-0.15, -0.1) is 6.58 Å². The van der Waals surface area contributed by atoms with Gasteiger partial charge in [0.1, 0.15) is 18.1 Å². The molecular formula is C15H25NO2. The number of hydrogen-bond acceptors (Lipinski definition) is 3. The van der Waals surface area contributed by atoms with Gasteiger partial charge in [-0.1, -0.05) is 13.0 Å². The second kappa shape index (κ2) is 8.95. The number of unbranched alkanes of at least 4 members (excludes halogenated alkanes) is 1. The van der Waals surface area contributed by atoms with Gasteiger partial charge >= 0.3 is 0 Å². The molecule has 0 aliphatic heterocycles. The number of allylic oxidation sites excluding steroid dienone is 1. The van der Waals surface area contributed by atoms with E-state index in [1.165, 1.54) is 5.56 Å². The zero-order valence-electron chi connectivity index (χ0n) is 11.6. The van der Waals surface area contributed by atoms with Crippen LogP contribution in [0.15, 0.2) is 23.1 Å². The van der Waals surface area contributed by atoms with Gasteiger partial charge < -0.3 is 14.5 Å². The first-order chi connectivity index (χ1) is 8.77. The molecule has 0 spiro atoms. The van der Waals surface area contributed by atoms with Gasteiger partial charge in [-0.25, -0.2) is 0 Å². The predicted octanol–water partition coefficient (Wildman–Crippen LogP) is 3.57. The molecule has 0 bridgehead atoms. The van der Waals surface area contributed by atoms with Crippen molar-refractivity contribution < 1.29 is 9.15 Å². The van der Waals surface area contributed by atoms with E-state index in [2.05, 4.69) is 31.8 Å². The van der Waals surface area contributed by atoms with Crippen molar-refractivity contribution in [2.24, 2.45) is 0 Å². The fourth-order valence-corrected chi connectivity index (χ4v) is 1.72. The number of furan rings is 1. The van der Waals surface area contributed by atoms with E-state index < -0.39 is 0 Å². The Balaban J connectivity index is 2.29. The summed E-state index contributed by atoms with van der Waals surface area (Å²) >= 11 is 0. The van der Waals surface area contributed by atoms with Crippen LogP contribution in [0.4, 0.5) is 0 Å². The fraction of sp³-hybridized carbons (Fsp3) is 0.600. The molecule has 0 aliphatic carbocycles. The van der Waals surface area contributed by atoms with E-state index in [9.17, 15) is 0 Å². The maximum atomic E-state index is 5.76. The van der Waals surface area contributed by atoms with Gasteiger partial charge in [0.2, 0.25) is 0 Å². The fourth-order valence-electron chi connectivity index (χ4n) is 1.72. The van der Waals surface area contributed by atoms with Crippen LogP contribution in [0, 0.1) is 6.92 Å². The molecule has 0 amide bonds. The molecule has 0 aliphatic rings. The number of hydrogen-bond donors (Lipinski definition) is 1. The Morgan fingerprint density at radius 3 is 3.06 bits per heavy atom. The van der Waals surface area contributed by atoms with Crippen LogP contribution in [0.1, 0.15) is 43.3 Å². The van der Waals surface area contributed by atoms with Crippen LogP contribution < -0.4 is 5.32 Å². The minimum Gasteiger partial charge on any atom is -0.462 e. The van der Waals surface area contributed by atoms with E-state index >= 15 is 0 Å². The van der Waals surface area contributed by atoms with E-state index in [-0.39, 0.29) is 0 Å². The van der Waals surface area contributed by atoms with Crippen molar-refractivity contribution in [2.45, 2.75) is 46.3 Å².